The van der Waals surface area contributed by atoms with E-state index in [4.69, 9.17) is 10.00 Å². The van der Waals surface area contributed by atoms with Crippen LogP contribution in [-0.4, -0.2) is 32.0 Å². The molecule has 22 heavy (non-hydrogen) atoms. The summed E-state index contributed by atoms with van der Waals surface area (Å²) in [5, 5.41) is 12.7. The number of nitriles is 1. The van der Waals surface area contributed by atoms with E-state index in [0.29, 0.717) is 24.4 Å². The van der Waals surface area contributed by atoms with Crippen LogP contribution >= 0.6 is 11.3 Å². The van der Waals surface area contributed by atoms with E-state index in [1.54, 1.807) is 19.2 Å². The summed E-state index contributed by atoms with van der Waals surface area (Å²) in [4.78, 5) is 24.8. The third kappa shape index (κ3) is 3.70. The van der Waals surface area contributed by atoms with Crippen molar-refractivity contribution in [1.29, 1.82) is 5.26 Å². The summed E-state index contributed by atoms with van der Waals surface area (Å²) < 4.78 is 5.84. The van der Waals surface area contributed by atoms with Gasteiger partial charge in [0.15, 0.2) is 11.7 Å². The summed E-state index contributed by atoms with van der Waals surface area (Å²) in [6, 6.07) is 11.1. The second kappa shape index (κ2) is 7.69. The van der Waals surface area contributed by atoms with Crippen molar-refractivity contribution in [1.82, 2.24) is 5.32 Å². The minimum absolute atomic E-state index is 0.380. The first-order valence-electron chi connectivity index (χ1n) is 6.86. The van der Waals surface area contributed by atoms with Gasteiger partial charge in [-0.2, -0.15) is 5.26 Å². The standard InChI is InChI=1S/C16H16N2O3S/c1-21-8-4-7-18-16(20)12(10-17)15(19)14-9-11-5-2-3-6-13(11)22-14/h2-3,5-6,9,12H,4,7-8H2,1H3,(H,18,20)/t12-/m1/s1. The van der Waals surface area contributed by atoms with Crippen LogP contribution in [0.4, 0.5) is 0 Å². The lowest BCUT2D eigenvalue weighted by Gasteiger charge is -2.08. The number of rotatable bonds is 7. The highest BCUT2D eigenvalue weighted by Crippen LogP contribution is 2.27. The van der Waals surface area contributed by atoms with E-state index >= 15 is 0 Å². The first-order valence-corrected chi connectivity index (χ1v) is 7.68. The Morgan fingerprint density at radius 3 is 2.86 bits per heavy atom. The molecule has 1 N–H and O–H groups in total. The molecule has 5 nitrogen and oxygen atoms in total. The van der Waals surface area contributed by atoms with E-state index in [1.807, 2.05) is 24.3 Å². The average molecular weight is 316 g/mol. The predicted molar refractivity (Wildman–Crippen MR) is 84.8 cm³/mol. The number of fused-ring (bicyclic) bond motifs is 1. The monoisotopic (exact) mass is 316 g/mol. The molecule has 0 fully saturated rings. The summed E-state index contributed by atoms with van der Waals surface area (Å²) in [5.74, 6) is -2.32. The maximum atomic E-state index is 12.4. The SMILES string of the molecule is COCCCNC(=O)[C@H](C#N)C(=O)c1cc2ccccc2s1. The largest absolute Gasteiger partial charge is 0.385 e. The molecule has 1 heterocycles. The van der Waals surface area contributed by atoms with E-state index in [-0.39, 0.29) is 0 Å². The predicted octanol–water partition coefficient (Wildman–Crippen LogP) is 2.38. The highest BCUT2D eigenvalue weighted by atomic mass is 32.1. The minimum Gasteiger partial charge on any atom is -0.385 e. The number of carbonyl (C=O) groups is 2. The highest BCUT2D eigenvalue weighted by molar-refractivity contribution is 7.20. The first kappa shape index (κ1) is 16.1. The number of nitrogens with one attached hydrogen (secondary N) is 1. The third-order valence-electron chi connectivity index (χ3n) is 3.15. The molecule has 0 bridgehead atoms. The van der Waals surface area contributed by atoms with Crippen molar-refractivity contribution >= 4 is 33.1 Å². The van der Waals surface area contributed by atoms with Gasteiger partial charge in [0.05, 0.1) is 10.9 Å². The summed E-state index contributed by atoms with van der Waals surface area (Å²) in [6.07, 6.45) is 0.636. The number of ketones is 1. The molecule has 2 rings (SSSR count). The summed E-state index contributed by atoms with van der Waals surface area (Å²) in [7, 11) is 1.57. The number of amides is 1. The molecule has 0 aliphatic rings. The molecule has 0 aliphatic heterocycles. The zero-order chi connectivity index (χ0) is 15.9. The maximum Gasteiger partial charge on any atom is 0.245 e. The number of hydrogen-bond donors (Lipinski definition) is 1. The van der Waals surface area contributed by atoms with Crippen LogP contribution in [0.1, 0.15) is 16.1 Å². The molecule has 0 spiro atoms. The number of nitrogens with zero attached hydrogens (tertiary/aromatic N) is 1. The second-order valence-electron chi connectivity index (χ2n) is 4.71. The van der Waals surface area contributed by atoms with Gasteiger partial charge in [-0.1, -0.05) is 18.2 Å². The lowest BCUT2D eigenvalue weighted by atomic mass is 10.0. The minimum atomic E-state index is -1.31. The van der Waals surface area contributed by atoms with Gasteiger partial charge in [0.25, 0.3) is 0 Å². The lowest BCUT2D eigenvalue weighted by Crippen LogP contribution is -2.35. The first-order chi connectivity index (χ1) is 10.7. The Labute approximate surface area is 132 Å². The van der Waals surface area contributed by atoms with E-state index in [2.05, 4.69) is 5.32 Å². The second-order valence-corrected chi connectivity index (χ2v) is 5.80. The molecule has 0 saturated carbocycles. The fourth-order valence-electron chi connectivity index (χ4n) is 2.01. The number of thiophene rings is 1. The summed E-state index contributed by atoms with van der Waals surface area (Å²) >= 11 is 1.30. The Hall–Kier alpha value is -2.23. The molecule has 0 unspecified atom stereocenters. The highest BCUT2D eigenvalue weighted by Gasteiger charge is 2.28. The molecule has 6 heteroatoms. The van der Waals surface area contributed by atoms with Gasteiger partial charge in [-0.15, -0.1) is 11.3 Å². The van der Waals surface area contributed by atoms with Crippen molar-refractivity contribution in [2.75, 3.05) is 20.3 Å². The smallest absolute Gasteiger partial charge is 0.245 e. The lowest BCUT2D eigenvalue weighted by molar-refractivity contribution is -0.122. The molecule has 1 atom stereocenters. The number of hydrogen-bond acceptors (Lipinski definition) is 5. The van der Waals surface area contributed by atoms with Crippen LogP contribution in [0, 0.1) is 17.2 Å². The molecular weight excluding hydrogens is 300 g/mol. The molecule has 0 radical (unpaired) electrons. The topological polar surface area (TPSA) is 79.2 Å². The van der Waals surface area contributed by atoms with Crippen molar-refractivity contribution in [2.45, 2.75) is 6.42 Å². The Bertz CT molecular complexity index is 684. The Morgan fingerprint density at radius 1 is 1.41 bits per heavy atom. The third-order valence-corrected chi connectivity index (χ3v) is 4.28. The van der Waals surface area contributed by atoms with Crippen LogP contribution in [-0.2, 0) is 9.53 Å². The molecule has 0 aliphatic carbocycles. The van der Waals surface area contributed by atoms with E-state index in [9.17, 15) is 9.59 Å². The maximum absolute atomic E-state index is 12.4. The van der Waals surface area contributed by atoms with Gasteiger partial charge in [-0.25, -0.2) is 0 Å². The number of ether oxygens (including phenoxy) is 1. The number of carbonyl (C=O) groups excluding carboxylic acids is 2. The summed E-state index contributed by atoms with van der Waals surface area (Å²) in [6.45, 7) is 0.895. The molecule has 2 aromatic rings. The van der Waals surface area contributed by atoms with Gasteiger partial charge >= 0.3 is 0 Å². The number of benzene rings is 1. The van der Waals surface area contributed by atoms with Crippen molar-refractivity contribution in [3.05, 3.63) is 35.2 Å². The molecular formula is C16H16N2O3S. The van der Waals surface area contributed by atoms with Gasteiger partial charge in [0, 0.05) is 25.0 Å². The van der Waals surface area contributed by atoms with E-state index < -0.39 is 17.6 Å². The van der Waals surface area contributed by atoms with E-state index in [0.717, 1.165) is 10.1 Å². The fourth-order valence-corrected chi connectivity index (χ4v) is 3.04. The zero-order valence-electron chi connectivity index (χ0n) is 12.2. The molecule has 114 valence electrons. The van der Waals surface area contributed by atoms with Crippen LogP contribution in [0.15, 0.2) is 30.3 Å². The van der Waals surface area contributed by atoms with Gasteiger partial charge in [-0.05, 0) is 23.9 Å². The number of methoxy groups -OCH3 is 1. The van der Waals surface area contributed by atoms with Crippen LogP contribution in [0.2, 0.25) is 0 Å². The molecule has 1 amide bonds. The molecule has 0 saturated heterocycles. The van der Waals surface area contributed by atoms with Crippen molar-refractivity contribution in [3.63, 3.8) is 0 Å². The van der Waals surface area contributed by atoms with Crippen molar-refractivity contribution in [3.8, 4) is 6.07 Å². The van der Waals surface area contributed by atoms with Gasteiger partial charge in [-0.3, -0.25) is 9.59 Å². The molecule has 1 aromatic heterocycles. The Balaban J connectivity index is 2.08. The average Bonchev–Trinajstić information content (AvgIpc) is 2.96. The quantitative estimate of drug-likeness (QED) is 0.483. The van der Waals surface area contributed by atoms with Crippen LogP contribution < -0.4 is 5.32 Å². The molecule has 1 aromatic carbocycles. The van der Waals surface area contributed by atoms with Gasteiger partial charge < -0.3 is 10.1 Å². The van der Waals surface area contributed by atoms with Crippen LogP contribution in [0.3, 0.4) is 0 Å². The summed E-state index contributed by atoms with van der Waals surface area (Å²) in [5.41, 5.74) is 0. The van der Waals surface area contributed by atoms with Crippen LogP contribution in [0.5, 0.6) is 0 Å². The van der Waals surface area contributed by atoms with E-state index in [1.165, 1.54) is 11.3 Å². The van der Waals surface area contributed by atoms with Crippen LogP contribution in [0.25, 0.3) is 10.1 Å². The zero-order valence-corrected chi connectivity index (χ0v) is 13.0. The number of Topliss-reactive ketones (excluding diaryl/α,β-unsaturated/α-hetero) is 1. The van der Waals surface area contributed by atoms with Gasteiger partial charge in [0.1, 0.15) is 0 Å². The normalized spacial score (nSPS) is 11.8. The Morgan fingerprint density at radius 2 is 2.18 bits per heavy atom. The Kier molecular flexibility index (Phi) is 5.64. The van der Waals surface area contributed by atoms with Gasteiger partial charge in [0.2, 0.25) is 5.91 Å². The van der Waals surface area contributed by atoms with Crippen molar-refractivity contribution in [2.24, 2.45) is 5.92 Å². The van der Waals surface area contributed by atoms with Crippen molar-refractivity contribution < 1.29 is 14.3 Å². The fraction of sp³-hybridized carbons (Fsp3) is 0.312.